The van der Waals surface area contributed by atoms with Gasteiger partial charge >= 0.3 is 6.03 Å². The van der Waals surface area contributed by atoms with Crippen LogP contribution in [0, 0.1) is 17.2 Å². The molecule has 2 aliphatic rings. The summed E-state index contributed by atoms with van der Waals surface area (Å²) in [5.74, 6) is 0.834. The van der Waals surface area contributed by atoms with E-state index in [-0.39, 0.29) is 20.6 Å². The number of aliphatic hydroxyl groups is 2. The molecule has 0 aliphatic heterocycles. The summed E-state index contributed by atoms with van der Waals surface area (Å²) < 4.78 is 27.4. The second kappa shape index (κ2) is 8.15. The minimum atomic E-state index is -4.37. The highest BCUT2D eigenvalue weighted by molar-refractivity contribution is 7.92. The number of amides is 2. The van der Waals surface area contributed by atoms with E-state index in [0.29, 0.717) is 22.9 Å². The number of nitriles is 1. The van der Waals surface area contributed by atoms with Gasteiger partial charge in [-0.05, 0) is 67.2 Å². The SMILES string of the molecule is C[C@@H](c1ccc2c(c1NC(=O)NS(=O)(=O)c1sc(C(C)(O)CO)cc1C#N)CC2)C1CC1. The van der Waals surface area contributed by atoms with Gasteiger partial charge in [0.1, 0.15) is 11.7 Å². The van der Waals surface area contributed by atoms with Crippen LogP contribution in [-0.4, -0.2) is 31.3 Å². The zero-order valence-corrected chi connectivity index (χ0v) is 19.4. The van der Waals surface area contributed by atoms with Gasteiger partial charge in [-0.15, -0.1) is 11.3 Å². The van der Waals surface area contributed by atoms with Gasteiger partial charge in [0.25, 0.3) is 10.0 Å². The Morgan fingerprint density at radius 2 is 2.09 bits per heavy atom. The van der Waals surface area contributed by atoms with Crippen molar-refractivity contribution in [3.8, 4) is 6.07 Å². The third-order valence-electron chi connectivity index (χ3n) is 6.27. The maximum Gasteiger partial charge on any atom is 0.333 e. The normalized spacial score (nSPS) is 18.0. The van der Waals surface area contributed by atoms with E-state index < -0.39 is 28.3 Å². The number of urea groups is 1. The van der Waals surface area contributed by atoms with Gasteiger partial charge in [0.2, 0.25) is 0 Å². The largest absolute Gasteiger partial charge is 0.393 e. The number of rotatable bonds is 7. The van der Waals surface area contributed by atoms with Crippen molar-refractivity contribution in [2.45, 2.75) is 55.3 Å². The first kappa shape index (κ1) is 22.7. The standard InChI is InChI=1S/C22H25N3O5S2/c1-12(13-3-4-13)16-7-5-14-6-8-17(14)19(16)24-21(27)25-32(29,30)20-15(10-23)9-18(31-20)22(2,28)11-26/h5,7,9,12-13,26,28H,3-4,6,8,11H2,1-2H3,(H2,24,25,27)/t12-,22?/m1/s1. The average molecular weight is 476 g/mol. The molecule has 10 heteroatoms. The fraction of sp³-hybridized carbons (Fsp3) is 0.455. The maximum atomic E-state index is 12.9. The molecule has 1 unspecified atom stereocenters. The third kappa shape index (κ3) is 4.13. The fourth-order valence-corrected chi connectivity index (χ4v) is 6.48. The Hall–Kier alpha value is -2.45. The number of nitrogens with one attached hydrogen (secondary N) is 2. The molecule has 1 aromatic carbocycles. The molecule has 0 spiro atoms. The molecule has 0 bridgehead atoms. The van der Waals surface area contributed by atoms with Crippen molar-refractivity contribution in [2.24, 2.45) is 5.92 Å². The highest BCUT2D eigenvalue weighted by atomic mass is 32.2. The lowest BCUT2D eigenvalue weighted by atomic mass is 9.82. The molecule has 170 valence electrons. The van der Waals surface area contributed by atoms with Gasteiger partial charge in [-0.1, -0.05) is 19.1 Å². The van der Waals surface area contributed by atoms with E-state index in [1.54, 1.807) is 6.07 Å². The second-order valence-corrected chi connectivity index (χ2v) is 11.6. The molecular weight excluding hydrogens is 450 g/mol. The number of carbonyl (C=O) groups is 1. The van der Waals surface area contributed by atoms with Gasteiger partial charge in [0.05, 0.1) is 12.2 Å². The second-order valence-electron chi connectivity index (χ2n) is 8.71. The van der Waals surface area contributed by atoms with Gasteiger partial charge in [-0.25, -0.2) is 17.9 Å². The summed E-state index contributed by atoms with van der Waals surface area (Å²) in [4.78, 5) is 12.9. The number of nitrogens with zero attached hydrogens (tertiary/aromatic N) is 1. The molecule has 2 amide bonds. The molecule has 8 nitrogen and oxygen atoms in total. The van der Waals surface area contributed by atoms with E-state index >= 15 is 0 Å². The fourth-order valence-electron chi connectivity index (χ4n) is 3.99. The van der Waals surface area contributed by atoms with E-state index in [1.165, 1.54) is 13.0 Å². The Bertz CT molecular complexity index is 1220. The van der Waals surface area contributed by atoms with Crippen LogP contribution in [0.2, 0.25) is 0 Å². The summed E-state index contributed by atoms with van der Waals surface area (Å²) in [7, 11) is -4.37. The van der Waals surface area contributed by atoms with Crippen LogP contribution in [0.5, 0.6) is 0 Å². The summed E-state index contributed by atoms with van der Waals surface area (Å²) in [6.07, 6.45) is 4.05. The van der Waals surface area contributed by atoms with Crippen LogP contribution in [0.1, 0.15) is 59.7 Å². The monoisotopic (exact) mass is 475 g/mol. The van der Waals surface area contributed by atoms with Crippen molar-refractivity contribution >= 4 is 33.1 Å². The maximum absolute atomic E-state index is 12.9. The third-order valence-corrected chi connectivity index (χ3v) is 9.53. The highest BCUT2D eigenvalue weighted by Crippen LogP contribution is 2.46. The molecule has 2 aliphatic carbocycles. The summed E-state index contributed by atoms with van der Waals surface area (Å²) in [6.45, 7) is 2.79. The molecule has 1 aromatic heterocycles. The van der Waals surface area contributed by atoms with Crippen LogP contribution >= 0.6 is 11.3 Å². The van der Waals surface area contributed by atoms with Gasteiger partial charge in [0.15, 0.2) is 4.21 Å². The van der Waals surface area contributed by atoms with E-state index in [2.05, 4.69) is 18.3 Å². The van der Waals surface area contributed by atoms with Crippen molar-refractivity contribution in [3.05, 3.63) is 45.3 Å². The minimum absolute atomic E-state index is 0.113. The van der Waals surface area contributed by atoms with Crippen LogP contribution in [0.4, 0.5) is 10.5 Å². The number of fused-ring (bicyclic) bond motifs is 1. The topological polar surface area (TPSA) is 140 Å². The summed E-state index contributed by atoms with van der Waals surface area (Å²) in [6, 6.07) is 6.18. The van der Waals surface area contributed by atoms with Gasteiger partial charge in [-0.2, -0.15) is 5.26 Å². The predicted molar refractivity (Wildman–Crippen MR) is 120 cm³/mol. The quantitative estimate of drug-likeness (QED) is 0.485. The number of hydrogen-bond acceptors (Lipinski definition) is 7. The molecular formula is C22H25N3O5S2. The molecule has 4 rings (SSSR count). The number of thiophene rings is 1. The Morgan fingerprint density at radius 1 is 1.38 bits per heavy atom. The predicted octanol–water partition coefficient (Wildman–Crippen LogP) is 2.94. The zero-order valence-electron chi connectivity index (χ0n) is 17.8. The lowest BCUT2D eigenvalue weighted by molar-refractivity contribution is 0.000780. The van der Waals surface area contributed by atoms with Gasteiger partial charge in [0, 0.05) is 10.6 Å². The number of anilines is 1. The number of benzene rings is 1. The Balaban J connectivity index is 1.59. The Morgan fingerprint density at radius 3 is 2.66 bits per heavy atom. The number of carbonyl (C=O) groups excluding carboxylic acids is 1. The van der Waals surface area contributed by atoms with Crippen LogP contribution in [0.25, 0.3) is 0 Å². The van der Waals surface area contributed by atoms with Crippen LogP contribution in [0.3, 0.4) is 0 Å². The lowest BCUT2D eigenvalue weighted by Gasteiger charge is -2.27. The summed E-state index contributed by atoms with van der Waals surface area (Å²) >= 11 is 0.645. The summed E-state index contributed by atoms with van der Waals surface area (Å²) in [5, 5.41) is 31.7. The van der Waals surface area contributed by atoms with Crippen molar-refractivity contribution in [1.29, 1.82) is 5.26 Å². The molecule has 1 heterocycles. The molecule has 0 saturated heterocycles. The van der Waals surface area contributed by atoms with Crippen LogP contribution in [-0.2, 0) is 28.5 Å². The van der Waals surface area contributed by atoms with Gasteiger partial charge in [-0.3, -0.25) is 0 Å². The molecule has 4 N–H and O–H groups in total. The van der Waals surface area contributed by atoms with Gasteiger partial charge < -0.3 is 15.5 Å². The number of sulfonamides is 1. The van der Waals surface area contributed by atoms with E-state index in [4.69, 9.17) is 0 Å². The first-order valence-electron chi connectivity index (χ1n) is 10.4. The van der Waals surface area contributed by atoms with E-state index in [0.717, 1.165) is 42.4 Å². The number of hydrogen-bond donors (Lipinski definition) is 4. The van der Waals surface area contributed by atoms with Crippen molar-refractivity contribution in [1.82, 2.24) is 4.72 Å². The smallest absolute Gasteiger partial charge is 0.333 e. The number of aryl methyl sites for hydroxylation is 1. The van der Waals surface area contributed by atoms with Crippen LogP contribution in [0.15, 0.2) is 22.4 Å². The Kier molecular flexibility index (Phi) is 5.79. The van der Waals surface area contributed by atoms with E-state index in [9.17, 15) is 28.7 Å². The van der Waals surface area contributed by atoms with Crippen molar-refractivity contribution in [3.63, 3.8) is 0 Å². The highest BCUT2D eigenvalue weighted by Gasteiger charge is 2.34. The number of aliphatic hydroxyl groups excluding tert-OH is 1. The average Bonchev–Trinajstić information content (AvgIpc) is 3.45. The zero-order chi connectivity index (χ0) is 23.3. The molecule has 1 saturated carbocycles. The molecule has 1 fully saturated rings. The van der Waals surface area contributed by atoms with E-state index in [1.807, 2.05) is 10.8 Å². The first-order chi connectivity index (χ1) is 15.1. The Labute approximate surface area is 190 Å². The molecule has 2 atom stereocenters. The van der Waals surface area contributed by atoms with Crippen LogP contribution < -0.4 is 10.0 Å². The van der Waals surface area contributed by atoms with Crippen molar-refractivity contribution < 1.29 is 23.4 Å². The summed E-state index contributed by atoms with van der Waals surface area (Å²) in [5.41, 5.74) is 1.97. The lowest BCUT2D eigenvalue weighted by Crippen LogP contribution is -2.35. The first-order valence-corrected chi connectivity index (χ1v) is 12.7. The molecule has 32 heavy (non-hydrogen) atoms. The molecule has 0 radical (unpaired) electrons. The minimum Gasteiger partial charge on any atom is -0.393 e. The van der Waals surface area contributed by atoms with Crippen molar-refractivity contribution in [2.75, 3.05) is 11.9 Å². The molecule has 2 aromatic rings.